The molecule has 84 valence electrons. The van der Waals surface area contributed by atoms with Gasteiger partial charge in [-0.3, -0.25) is 4.79 Å². The van der Waals surface area contributed by atoms with Gasteiger partial charge in [-0.15, -0.1) is 0 Å². The first kappa shape index (κ1) is 10.7. The molecule has 0 unspecified atom stereocenters. The molecular formula is C12H14N2O2. The Kier molecular flexibility index (Phi) is 2.64. The van der Waals surface area contributed by atoms with E-state index >= 15 is 0 Å². The van der Waals surface area contributed by atoms with Gasteiger partial charge in [-0.1, -0.05) is 5.16 Å². The fraction of sp³-hybridized carbons (Fsp3) is 0.333. The quantitative estimate of drug-likeness (QED) is 0.835. The van der Waals surface area contributed by atoms with E-state index in [0.717, 1.165) is 16.5 Å². The van der Waals surface area contributed by atoms with E-state index in [9.17, 15) is 4.79 Å². The molecule has 0 saturated carbocycles. The Morgan fingerprint density at radius 1 is 1.38 bits per heavy atom. The second-order valence-electron chi connectivity index (χ2n) is 3.91. The topological polar surface area (TPSA) is 55.1 Å². The minimum Gasteiger partial charge on any atom is -0.359 e. The second-order valence-corrected chi connectivity index (χ2v) is 3.91. The Bertz CT molecular complexity index is 543. The number of hydrogen-bond acceptors (Lipinski definition) is 3. The molecule has 2 rings (SSSR count). The maximum Gasteiger partial charge on any atom is 0.225 e. The molecule has 1 aromatic carbocycles. The minimum atomic E-state index is -0.0616. The molecule has 4 heteroatoms. The number of fused-ring (bicyclic) bond motifs is 1. The summed E-state index contributed by atoms with van der Waals surface area (Å²) >= 11 is 0. The van der Waals surface area contributed by atoms with Gasteiger partial charge in [0, 0.05) is 12.4 Å². The summed E-state index contributed by atoms with van der Waals surface area (Å²) in [4.78, 5) is 11.3. The molecule has 1 aromatic heterocycles. The van der Waals surface area contributed by atoms with Crippen molar-refractivity contribution in [3.8, 4) is 0 Å². The molecule has 1 N–H and O–H groups in total. The van der Waals surface area contributed by atoms with Crippen molar-refractivity contribution in [1.29, 1.82) is 0 Å². The predicted octanol–water partition coefficient (Wildman–Crippen LogP) is 1.73. The maximum absolute atomic E-state index is 11.3. The van der Waals surface area contributed by atoms with E-state index < -0.39 is 0 Å². The molecule has 0 radical (unpaired) electrons. The van der Waals surface area contributed by atoms with Gasteiger partial charge in [0.25, 0.3) is 0 Å². The van der Waals surface area contributed by atoms with E-state index in [1.54, 1.807) is 7.05 Å². The second kappa shape index (κ2) is 3.96. The SMILES string of the molecule is CNC(=O)Cc1noc2cc(C)c(C)cc12. The molecule has 4 nitrogen and oxygen atoms in total. The van der Waals surface area contributed by atoms with Gasteiger partial charge in [0.15, 0.2) is 5.58 Å². The van der Waals surface area contributed by atoms with Gasteiger partial charge in [0.2, 0.25) is 5.91 Å². The van der Waals surface area contributed by atoms with E-state index in [2.05, 4.69) is 10.5 Å². The number of likely N-dealkylation sites (N-methyl/N-ethyl adjacent to an activating group) is 1. The lowest BCUT2D eigenvalue weighted by atomic mass is 10.1. The molecule has 16 heavy (non-hydrogen) atoms. The normalized spacial score (nSPS) is 10.7. The molecule has 1 heterocycles. The number of aryl methyl sites for hydroxylation is 2. The summed E-state index contributed by atoms with van der Waals surface area (Å²) < 4.78 is 5.20. The Labute approximate surface area is 93.6 Å². The number of benzene rings is 1. The van der Waals surface area contributed by atoms with Crippen LogP contribution in [0.2, 0.25) is 0 Å². The maximum atomic E-state index is 11.3. The highest BCUT2D eigenvalue weighted by Gasteiger charge is 2.12. The van der Waals surface area contributed by atoms with E-state index in [1.807, 2.05) is 26.0 Å². The van der Waals surface area contributed by atoms with Crippen molar-refractivity contribution in [2.24, 2.45) is 0 Å². The van der Waals surface area contributed by atoms with Gasteiger partial charge in [-0.25, -0.2) is 0 Å². The zero-order chi connectivity index (χ0) is 11.7. The van der Waals surface area contributed by atoms with Crippen molar-refractivity contribution >= 4 is 16.9 Å². The fourth-order valence-corrected chi connectivity index (χ4v) is 1.61. The molecule has 2 aromatic rings. The number of carbonyl (C=O) groups excluding carboxylic acids is 1. The van der Waals surface area contributed by atoms with Gasteiger partial charge in [-0.05, 0) is 37.1 Å². The molecule has 0 spiro atoms. The number of rotatable bonds is 2. The van der Waals surface area contributed by atoms with Crippen LogP contribution in [-0.2, 0) is 11.2 Å². The van der Waals surface area contributed by atoms with Crippen LogP contribution in [0.5, 0.6) is 0 Å². The molecule has 0 atom stereocenters. The van der Waals surface area contributed by atoms with E-state index in [1.165, 1.54) is 5.56 Å². The van der Waals surface area contributed by atoms with E-state index in [4.69, 9.17) is 4.52 Å². The number of nitrogens with zero attached hydrogens (tertiary/aromatic N) is 1. The summed E-state index contributed by atoms with van der Waals surface area (Å²) in [5, 5.41) is 7.43. The van der Waals surface area contributed by atoms with Crippen molar-refractivity contribution in [3.63, 3.8) is 0 Å². The van der Waals surface area contributed by atoms with Gasteiger partial charge < -0.3 is 9.84 Å². The van der Waals surface area contributed by atoms with Crippen LogP contribution in [0.3, 0.4) is 0 Å². The van der Waals surface area contributed by atoms with Crippen LogP contribution in [0.4, 0.5) is 0 Å². The number of nitrogens with one attached hydrogen (secondary N) is 1. The van der Waals surface area contributed by atoms with Crippen LogP contribution in [0.15, 0.2) is 16.7 Å². The Hall–Kier alpha value is -1.84. The molecule has 0 saturated heterocycles. The first-order valence-corrected chi connectivity index (χ1v) is 5.18. The lowest BCUT2D eigenvalue weighted by Gasteiger charge is -1.99. The van der Waals surface area contributed by atoms with Crippen molar-refractivity contribution in [1.82, 2.24) is 10.5 Å². The standard InChI is InChI=1S/C12H14N2O2/c1-7-4-9-10(6-12(15)13-3)14-16-11(9)5-8(7)2/h4-5H,6H2,1-3H3,(H,13,15). The largest absolute Gasteiger partial charge is 0.359 e. The predicted molar refractivity (Wildman–Crippen MR) is 61.3 cm³/mol. The van der Waals surface area contributed by atoms with Crippen LogP contribution < -0.4 is 5.32 Å². The van der Waals surface area contributed by atoms with Crippen LogP contribution in [0.25, 0.3) is 11.0 Å². The third-order valence-electron chi connectivity index (χ3n) is 2.77. The Morgan fingerprint density at radius 3 is 2.75 bits per heavy atom. The van der Waals surface area contributed by atoms with Crippen LogP contribution >= 0.6 is 0 Å². The average Bonchev–Trinajstić information content (AvgIpc) is 2.62. The third kappa shape index (κ3) is 1.78. The molecular weight excluding hydrogens is 204 g/mol. The minimum absolute atomic E-state index is 0.0616. The Morgan fingerprint density at radius 2 is 2.06 bits per heavy atom. The summed E-state index contributed by atoms with van der Waals surface area (Å²) in [7, 11) is 1.61. The number of hydrogen-bond donors (Lipinski definition) is 1. The summed E-state index contributed by atoms with van der Waals surface area (Å²) in [6.07, 6.45) is 0.256. The monoisotopic (exact) mass is 218 g/mol. The molecule has 1 amide bonds. The molecule has 0 fully saturated rings. The van der Waals surface area contributed by atoms with Gasteiger partial charge in [0.1, 0.15) is 5.69 Å². The number of aromatic nitrogens is 1. The summed E-state index contributed by atoms with van der Waals surface area (Å²) in [6.45, 7) is 4.06. The highest BCUT2D eigenvalue weighted by Crippen LogP contribution is 2.22. The highest BCUT2D eigenvalue weighted by atomic mass is 16.5. The lowest BCUT2D eigenvalue weighted by Crippen LogP contribution is -2.20. The average molecular weight is 218 g/mol. The van der Waals surface area contributed by atoms with Crippen molar-refractivity contribution in [2.45, 2.75) is 20.3 Å². The smallest absolute Gasteiger partial charge is 0.225 e. The first-order valence-electron chi connectivity index (χ1n) is 5.18. The van der Waals surface area contributed by atoms with Crippen LogP contribution in [0.1, 0.15) is 16.8 Å². The zero-order valence-electron chi connectivity index (χ0n) is 9.63. The van der Waals surface area contributed by atoms with Gasteiger partial charge in [0.05, 0.1) is 6.42 Å². The van der Waals surface area contributed by atoms with Crippen LogP contribution in [0, 0.1) is 13.8 Å². The van der Waals surface area contributed by atoms with Crippen LogP contribution in [-0.4, -0.2) is 18.1 Å². The fourth-order valence-electron chi connectivity index (χ4n) is 1.61. The first-order chi connectivity index (χ1) is 7.61. The van der Waals surface area contributed by atoms with E-state index in [-0.39, 0.29) is 12.3 Å². The summed E-state index contributed by atoms with van der Waals surface area (Å²) in [5.41, 5.74) is 3.77. The highest BCUT2D eigenvalue weighted by molar-refractivity contribution is 5.86. The third-order valence-corrected chi connectivity index (χ3v) is 2.77. The lowest BCUT2D eigenvalue weighted by molar-refractivity contribution is -0.120. The molecule has 0 aliphatic heterocycles. The van der Waals surface area contributed by atoms with Crippen molar-refractivity contribution in [2.75, 3.05) is 7.05 Å². The Balaban J connectivity index is 2.48. The molecule has 0 aliphatic rings. The van der Waals surface area contributed by atoms with Crippen molar-refractivity contribution in [3.05, 3.63) is 29.0 Å². The zero-order valence-corrected chi connectivity index (χ0v) is 9.63. The summed E-state index contributed by atoms with van der Waals surface area (Å²) in [5.74, 6) is -0.0616. The molecule has 0 bridgehead atoms. The van der Waals surface area contributed by atoms with Gasteiger partial charge in [-0.2, -0.15) is 0 Å². The summed E-state index contributed by atoms with van der Waals surface area (Å²) in [6, 6.07) is 3.96. The number of amides is 1. The van der Waals surface area contributed by atoms with Gasteiger partial charge >= 0.3 is 0 Å². The molecule has 0 aliphatic carbocycles. The van der Waals surface area contributed by atoms with E-state index in [0.29, 0.717) is 5.69 Å². The number of carbonyl (C=O) groups is 1. The van der Waals surface area contributed by atoms with Crippen molar-refractivity contribution < 1.29 is 9.32 Å².